The molecule has 8 aromatic rings. The fourth-order valence-corrected chi connectivity index (χ4v) is 7.10. The van der Waals surface area contributed by atoms with Gasteiger partial charge >= 0.3 is 0 Å². The Morgan fingerprint density at radius 1 is 0.511 bits per heavy atom. The predicted molar refractivity (Wildman–Crippen MR) is 182 cm³/mol. The molecule has 0 bridgehead atoms. The van der Waals surface area contributed by atoms with Crippen molar-refractivity contribution in [1.29, 1.82) is 0 Å². The summed E-state index contributed by atoms with van der Waals surface area (Å²) in [5.41, 5.74) is 9.95. The lowest BCUT2D eigenvalue weighted by molar-refractivity contribution is 0.646. The summed E-state index contributed by atoms with van der Waals surface area (Å²) < 4.78 is 4.82. The van der Waals surface area contributed by atoms with Crippen LogP contribution in [-0.2, 0) is 5.41 Å². The van der Waals surface area contributed by atoms with Crippen molar-refractivity contribution in [3.05, 3.63) is 151 Å². The molecule has 1 aliphatic rings. The quantitative estimate of drug-likeness (QED) is 0.209. The Hall–Kier alpha value is -5.81. The molecule has 5 nitrogen and oxygen atoms in total. The lowest BCUT2D eigenvalue weighted by Gasteiger charge is -2.21. The SMILES string of the molecule is CC1(C)c2ccccc2-n2cc3c4ccccc4n(-c4ccccc4-c4nc(-c5ccccc5)nc(-c5ccccc5)n4)c3c21. The Balaban J connectivity index is 1.35. The van der Waals surface area contributed by atoms with Crippen molar-refractivity contribution in [2.45, 2.75) is 19.3 Å². The number of nitrogens with zero attached hydrogens (tertiary/aromatic N) is 5. The van der Waals surface area contributed by atoms with Crippen molar-refractivity contribution < 1.29 is 0 Å². The van der Waals surface area contributed by atoms with E-state index in [-0.39, 0.29) is 5.41 Å². The maximum atomic E-state index is 5.11. The van der Waals surface area contributed by atoms with Crippen LogP contribution in [0.1, 0.15) is 25.1 Å². The van der Waals surface area contributed by atoms with Gasteiger partial charge in [0.05, 0.1) is 22.4 Å². The third kappa shape index (κ3) is 3.77. The number of hydrogen-bond acceptors (Lipinski definition) is 3. The lowest BCUT2D eigenvalue weighted by Crippen LogP contribution is -2.16. The van der Waals surface area contributed by atoms with Gasteiger partial charge in [0.15, 0.2) is 17.5 Å². The summed E-state index contributed by atoms with van der Waals surface area (Å²) in [5, 5.41) is 2.46. The summed E-state index contributed by atoms with van der Waals surface area (Å²) in [4.78, 5) is 15.2. The molecular weight excluding hydrogens is 550 g/mol. The standard InChI is InChI=1S/C40H29N5/c1-40(2)31-21-11-14-24-34(31)44-25-30-28-19-9-12-22-32(28)45(35(30)36(40)44)33-23-13-10-20-29(33)39-42-37(26-15-5-3-6-16-26)41-38(43-39)27-17-7-4-8-18-27/h3-25H,1-2H3. The van der Waals surface area contributed by atoms with E-state index in [4.69, 9.17) is 15.0 Å². The molecule has 5 heteroatoms. The highest BCUT2D eigenvalue weighted by Crippen LogP contribution is 2.49. The van der Waals surface area contributed by atoms with E-state index in [0.29, 0.717) is 17.5 Å². The molecule has 5 aromatic carbocycles. The Kier molecular flexibility index (Phi) is 5.47. The molecule has 0 fully saturated rings. The topological polar surface area (TPSA) is 48.5 Å². The Labute approximate surface area is 261 Å². The fraction of sp³-hybridized carbons (Fsp3) is 0.0750. The largest absolute Gasteiger partial charge is 0.317 e. The van der Waals surface area contributed by atoms with E-state index < -0.39 is 0 Å². The second kappa shape index (κ2) is 9.60. The minimum atomic E-state index is -0.187. The highest BCUT2D eigenvalue weighted by Gasteiger charge is 2.39. The van der Waals surface area contributed by atoms with Crippen LogP contribution in [0.15, 0.2) is 140 Å². The van der Waals surface area contributed by atoms with Crippen molar-refractivity contribution in [3.63, 3.8) is 0 Å². The number of benzene rings is 5. The van der Waals surface area contributed by atoms with Crippen molar-refractivity contribution in [3.8, 4) is 45.5 Å². The van der Waals surface area contributed by atoms with Crippen LogP contribution in [0.3, 0.4) is 0 Å². The van der Waals surface area contributed by atoms with Gasteiger partial charge < -0.3 is 9.13 Å². The molecule has 0 atom stereocenters. The summed E-state index contributed by atoms with van der Waals surface area (Å²) in [6.45, 7) is 4.67. The van der Waals surface area contributed by atoms with Gasteiger partial charge in [0.25, 0.3) is 0 Å². The van der Waals surface area contributed by atoms with Crippen molar-refractivity contribution >= 4 is 21.8 Å². The first-order valence-electron chi connectivity index (χ1n) is 15.3. The zero-order chi connectivity index (χ0) is 30.1. The van der Waals surface area contributed by atoms with Gasteiger partial charge in [-0.25, -0.2) is 15.0 Å². The number of rotatable bonds is 4. The van der Waals surface area contributed by atoms with Gasteiger partial charge in [0.1, 0.15) is 0 Å². The van der Waals surface area contributed by atoms with E-state index in [1.54, 1.807) is 0 Å². The second-order valence-corrected chi connectivity index (χ2v) is 12.2. The summed E-state index contributed by atoms with van der Waals surface area (Å²) in [6, 6.07) is 46.3. The molecule has 45 heavy (non-hydrogen) atoms. The smallest absolute Gasteiger partial charge is 0.166 e. The van der Waals surface area contributed by atoms with Crippen LogP contribution in [-0.4, -0.2) is 24.1 Å². The third-order valence-corrected chi connectivity index (χ3v) is 9.15. The number of aromatic nitrogens is 5. The molecule has 9 rings (SSSR count). The first kappa shape index (κ1) is 25.7. The molecule has 4 heterocycles. The van der Waals surface area contributed by atoms with Crippen LogP contribution >= 0.6 is 0 Å². The van der Waals surface area contributed by atoms with E-state index in [0.717, 1.165) is 27.9 Å². The van der Waals surface area contributed by atoms with Gasteiger partial charge in [-0.1, -0.05) is 123 Å². The monoisotopic (exact) mass is 579 g/mol. The van der Waals surface area contributed by atoms with Gasteiger partial charge in [0, 0.05) is 44.8 Å². The molecule has 0 N–H and O–H groups in total. The van der Waals surface area contributed by atoms with Crippen molar-refractivity contribution in [2.75, 3.05) is 0 Å². The second-order valence-electron chi connectivity index (χ2n) is 12.2. The summed E-state index contributed by atoms with van der Waals surface area (Å²) >= 11 is 0. The molecule has 0 amide bonds. The Morgan fingerprint density at radius 3 is 1.78 bits per heavy atom. The predicted octanol–water partition coefficient (Wildman–Crippen LogP) is 9.40. The molecule has 214 valence electrons. The molecule has 1 aliphatic heterocycles. The van der Waals surface area contributed by atoms with Gasteiger partial charge in [-0.3, -0.25) is 0 Å². The zero-order valence-corrected chi connectivity index (χ0v) is 25.0. The fourth-order valence-electron chi connectivity index (χ4n) is 7.10. The van der Waals surface area contributed by atoms with E-state index in [1.165, 1.54) is 33.2 Å². The van der Waals surface area contributed by atoms with Crippen LogP contribution in [0.4, 0.5) is 0 Å². The van der Waals surface area contributed by atoms with Crippen LogP contribution in [0.2, 0.25) is 0 Å². The molecule has 0 saturated carbocycles. The minimum absolute atomic E-state index is 0.187. The average Bonchev–Trinajstić information content (AvgIpc) is 3.71. The molecule has 0 radical (unpaired) electrons. The van der Waals surface area contributed by atoms with E-state index >= 15 is 0 Å². The first-order valence-corrected chi connectivity index (χ1v) is 15.3. The number of para-hydroxylation sites is 3. The van der Waals surface area contributed by atoms with Gasteiger partial charge in [-0.05, 0) is 29.8 Å². The van der Waals surface area contributed by atoms with Crippen LogP contribution in [0.5, 0.6) is 0 Å². The van der Waals surface area contributed by atoms with Crippen LogP contribution in [0.25, 0.3) is 67.3 Å². The highest BCUT2D eigenvalue weighted by molar-refractivity contribution is 6.12. The molecule has 3 aromatic heterocycles. The zero-order valence-electron chi connectivity index (χ0n) is 25.0. The van der Waals surface area contributed by atoms with Gasteiger partial charge in [-0.2, -0.15) is 0 Å². The number of hydrogen-bond donors (Lipinski definition) is 0. The minimum Gasteiger partial charge on any atom is -0.317 e. The first-order chi connectivity index (χ1) is 22.1. The molecular formula is C40H29N5. The third-order valence-electron chi connectivity index (χ3n) is 9.15. The van der Waals surface area contributed by atoms with Crippen molar-refractivity contribution in [2.24, 2.45) is 0 Å². The van der Waals surface area contributed by atoms with Crippen LogP contribution in [0, 0.1) is 0 Å². The maximum Gasteiger partial charge on any atom is 0.166 e. The van der Waals surface area contributed by atoms with E-state index in [1.807, 2.05) is 60.7 Å². The molecule has 0 saturated heterocycles. The maximum absolute atomic E-state index is 5.11. The Bertz CT molecular complexity index is 2340. The van der Waals surface area contributed by atoms with Crippen LogP contribution < -0.4 is 0 Å². The summed E-state index contributed by atoms with van der Waals surface area (Å²) in [5.74, 6) is 1.94. The van der Waals surface area contributed by atoms with Crippen molar-refractivity contribution in [1.82, 2.24) is 24.1 Å². The van der Waals surface area contributed by atoms with E-state index in [9.17, 15) is 0 Å². The average molecular weight is 580 g/mol. The molecule has 0 unspecified atom stereocenters. The number of fused-ring (bicyclic) bond motifs is 7. The molecule has 0 spiro atoms. The summed E-state index contributed by atoms with van der Waals surface area (Å²) in [7, 11) is 0. The van der Waals surface area contributed by atoms with Gasteiger partial charge in [-0.15, -0.1) is 0 Å². The van der Waals surface area contributed by atoms with E-state index in [2.05, 4.69) is 102 Å². The molecule has 0 aliphatic carbocycles. The lowest BCUT2D eigenvalue weighted by atomic mass is 9.83. The highest BCUT2D eigenvalue weighted by atomic mass is 15.1. The normalized spacial score (nSPS) is 13.3. The Morgan fingerprint density at radius 2 is 1.07 bits per heavy atom. The summed E-state index contributed by atoms with van der Waals surface area (Å²) in [6.07, 6.45) is 2.32. The van der Waals surface area contributed by atoms with Gasteiger partial charge in [0.2, 0.25) is 0 Å².